The van der Waals surface area contributed by atoms with Crippen molar-refractivity contribution in [2.45, 2.75) is 39.0 Å². The maximum atomic E-state index is 12.9. The molecule has 0 spiro atoms. The Morgan fingerprint density at radius 2 is 1.39 bits per heavy atom. The number of rotatable bonds is 12. The van der Waals surface area contributed by atoms with E-state index in [0.29, 0.717) is 36.0 Å². The van der Waals surface area contributed by atoms with Crippen LogP contribution in [-0.4, -0.2) is 19.1 Å². The predicted octanol–water partition coefficient (Wildman–Crippen LogP) is 6.52. The molecule has 31 heavy (non-hydrogen) atoms. The van der Waals surface area contributed by atoms with Crippen LogP contribution in [0.25, 0.3) is 0 Å². The SMILES string of the molecule is CCCCCOc1ccccc1C(=O)Nc1ccccc1OCCCc1ccccc1. The molecule has 0 bridgehead atoms. The number of anilines is 1. The zero-order valence-electron chi connectivity index (χ0n) is 18.2. The number of benzene rings is 3. The Balaban J connectivity index is 1.58. The van der Waals surface area contributed by atoms with Crippen molar-refractivity contribution in [3.05, 3.63) is 90.0 Å². The van der Waals surface area contributed by atoms with Gasteiger partial charge in [-0.25, -0.2) is 0 Å². The smallest absolute Gasteiger partial charge is 0.259 e. The van der Waals surface area contributed by atoms with Crippen LogP contribution in [-0.2, 0) is 6.42 Å². The summed E-state index contributed by atoms with van der Waals surface area (Å²) >= 11 is 0. The lowest BCUT2D eigenvalue weighted by Gasteiger charge is -2.14. The molecular weight excluding hydrogens is 386 g/mol. The van der Waals surface area contributed by atoms with E-state index in [-0.39, 0.29) is 5.91 Å². The minimum atomic E-state index is -0.202. The van der Waals surface area contributed by atoms with Gasteiger partial charge in [-0.05, 0) is 49.1 Å². The van der Waals surface area contributed by atoms with Crippen molar-refractivity contribution in [3.63, 3.8) is 0 Å². The van der Waals surface area contributed by atoms with Crippen molar-refractivity contribution in [2.75, 3.05) is 18.5 Å². The number of nitrogens with one attached hydrogen (secondary N) is 1. The van der Waals surface area contributed by atoms with Gasteiger partial charge in [0.2, 0.25) is 0 Å². The molecule has 3 aromatic rings. The first-order chi connectivity index (χ1) is 15.3. The third-order valence-electron chi connectivity index (χ3n) is 4.98. The van der Waals surface area contributed by atoms with Crippen LogP contribution in [0.1, 0.15) is 48.5 Å². The topological polar surface area (TPSA) is 47.6 Å². The molecule has 0 radical (unpaired) electrons. The van der Waals surface area contributed by atoms with E-state index in [1.165, 1.54) is 5.56 Å². The Morgan fingerprint density at radius 1 is 0.742 bits per heavy atom. The normalized spacial score (nSPS) is 10.5. The van der Waals surface area contributed by atoms with E-state index in [1.807, 2.05) is 60.7 Å². The maximum Gasteiger partial charge on any atom is 0.259 e. The second kappa shape index (κ2) is 12.4. The van der Waals surface area contributed by atoms with Crippen LogP contribution in [0.15, 0.2) is 78.9 Å². The van der Waals surface area contributed by atoms with Gasteiger partial charge >= 0.3 is 0 Å². The number of hydrogen-bond donors (Lipinski definition) is 1. The van der Waals surface area contributed by atoms with Crippen LogP contribution < -0.4 is 14.8 Å². The average molecular weight is 418 g/mol. The van der Waals surface area contributed by atoms with Gasteiger partial charge in [-0.15, -0.1) is 0 Å². The highest BCUT2D eigenvalue weighted by atomic mass is 16.5. The van der Waals surface area contributed by atoms with Crippen LogP contribution in [0, 0.1) is 0 Å². The largest absolute Gasteiger partial charge is 0.493 e. The Labute approximate surface area is 185 Å². The first-order valence-electron chi connectivity index (χ1n) is 11.1. The third-order valence-corrected chi connectivity index (χ3v) is 4.98. The zero-order valence-corrected chi connectivity index (χ0v) is 18.2. The molecule has 1 N–H and O–H groups in total. The minimum absolute atomic E-state index is 0.202. The Bertz CT molecular complexity index is 940. The van der Waals surface area contributed by atoms with Gasteiger partial charge in [-0.3, -0.25) is 4.79 Å². The van der Waals surface area contributed by atoms with Gasteiger partial charge in [0.1, 0.15) is 11.5 Å². The Hall–Kier alpha value is -3.27. The quantitative estimate of drug-likeness (QED) is 0.341. The van der Waals surface area contributed by atoms with Gasteiger partial charge in [0.15, 0.2) is 0 Å². The minimum Gasteiger partial charge on any atom is -0.493 e. The van der Waals surface area contributed by atoms with Crippen molar-refractivity contribution in [1.29, 1.82) is 0 Å². The van der Waals surface area contributed by atoms with Crippen LogP contribution in [0.2, 0.25) is 0 Å². The molecule has 0 aromatic heterocycles. The van der Waals surface area contributed by atoms with E-state index in [9.17, 15) is 4.79 Å². The molecular formula is C27H31NO3. The summed E-state index contributed by atoms with van der Waals surface area (Å²) in [5.74, 6) is 1.08. The number of amides is 1. The van der Waals surface area contributed by atoms with Crippen molar-refractivity contribution in [1.82, 2.24) is 0 Å². The molecule has 0 aliphatic rings. The summed E-state index contributed by atoms with van der Waals surface area (Å²) < 4.78 is 11.8. The molecule has 4 heteroatoms. The lowest BCUT2D eigenvalue weighted by atomic mass is 10.1. The second-order valence-electron chi connectivity index (χ2n) is 7.44. The number of carbonyl (C=O) groups excluding carboxylic acids is 1. The molecule has 0 unspecified atom stereocenters. The van der Waals surface area contributed by atoms with Crippen LogP contribution >= 0.6 is 0 Å². The number of para-hydroxylation sites is 3. The molecule has 4 nitrogen and oxygen atoms in total. The summed E-state index contributed by atoms with van der Waals surface area (Å²) in [6, 6.07) is 25.3. The second-order valence-corrected chi connectivity index (χ2v) is 7.44. The van der Waals surface area contributed by atoms with E-state index in [1.54, 1.807) is 6.07 Å². The van der Waals surface area contributed by atoms with E-state index < -0.39 is 0 Å². The van der Waals surface area contributed by atoms with Crippen LogP contribution in [0.4, 0.5) is 5.69 Å². The van der Waals surface area contributed by atoms with Crippen LogP contribution in [0.3, 0.4) is 0 Å². The monoisotopic (exact) mass is 417 g/mol. The molecule has 0 heterocycles. The number of ether oxygens (including phenoxy) is 2. The lowest BCUT2D eigenvalue weighted by Crippen LogP contribution is -2.15. The number of hydrogen-bond acceptors (Lipinski definition) is 3. The summed E-state index contributed by atoms with van der Waals surface area (Å²) in [6.07, 6.45) is 5.09. The summed E-state index contributed by atoms with van der Waals surface area (Å²) in [7, 11) is 0. The molecule has 0 atom stereocenters. The predicted molar refractivity (Wildman–Crippen MR) is 126 cm³/mol. The first-order valence-corrected chi connectivity index (χ1v) is 11.1. The van der Waals surface area contributed by atoms with E-state index >= 15 is 0 Å². The fraction of sp³-hybridized carbons (Fsp3) is 0.296. The highest BCUT2D eigenvalue weighted by Crippen LogP contribution is 2.26. The van der Waals surface area contributed by atoms with Gasteiger partial charge in [0.25, 0.3) is 5.91 Å². The Kier molecular flexibility index (Phi) is 8.99. The van der Waals surface area contributed by atoms with Gasteiger partial charge < -0.3 is 14.8 Å². The molecule has 0 aliphatic carbocycles. The summed E-state index contributed by atoms with van der Waals surface area (Å²) in [6.45, 7) is 3.35. The summed E-state index contributed by atoms with van der Waals surface area (Å²) in [5, 5.41) is 2.98. The zero-order chi connectivity index (χ0) is 21.7. The van der Waals surface area contributed by atoms with E-state index in [4.69, 9.17) is 9.47 Å². The number of unbranched alkanes of at least 4 members (excludes halogenated alkanes) is 2. The maximum absolute atomic E-state index is 12.9. The fourth-order valence-corrected chi connectivity index (χ4v) is 3.30. The number of carbonyl (C=O) groups is 1. The van der Waals surface area contributed by atoms with Gasteiger partial charge in [0.05, 0.1) is 24.5 Å². The van der Waals surface area contributed by atoms with Gasteiger partial charge in [-0.1, -0.05) is 74.4 Å². The third kappa shape index (κ3) is 7.18. The van der Waals surface area contributed by atoms with Crippen molar-refractivity contribution >= 4 is 11.6 Å². The highest BCUT2D eigenvalue weighted by Gasteiger charge is 2.14. The first kappa shape index (κ1) is 22.4. The molecule has 0 aliphatic heterocycles. The van der Waals surface area contributed by atoms with E-state index in [0.717, 1.165) is 32.1 Å². The van der Waals surface area contributed by atoms with E-state index in [2.05, 4.69) is 24.4 Å². The Morgan fingerprint density at radius 3 is 2.19 bits per heavy atom. The summed E-state index contributed by atoms with van der Waals surface area (Å²) in [4.78, 5) is 12.9. The van der Waals surface area contributed by atoms with Gasteiger partial charge in [-0.2, -0.15) is 0 Å². The van der Waals surface area contributed by atoms with Crippen molar-refractivity contribution in [2.24, 2.45) is 0 Å². The number of aryl methyl sites for hydroxylation is 1. The lowest BCUT2D eigenvalue weighted by molar-refractivity contribution is 0.102. The molecule has 0 saturated carbocycles. The molecule has 3 aromatic carbocycles. The molecule has 3 rings (SSSR count). The fourth-order valence-electron chi connectivity index (χ4n) is 3.30. The van der Waals surface area contributed by atoms with Crippen LogP contribution in [0.5, 0.6) is 11.5 Å². The molecule has 0 saturated heterocycles. The molecule has 162 valence electrons. The average Bonchev–Trinajstić information content (AvgIpc) is 2.81. The highest BCUT2D eigenvalue weighted by molar-refractivity contribution is 6.06. The standard InChI is InChI=1S/C27H31NO3/c1-2-3-11-20-30-25-18-9-7-16-23(25)27(29)28-24-17-8-10-19-26(24)31-21-12-15-22-13-5-4-6-14-22/h4-10,13-14,16-19H,2-3,11-12,15,20-21H2,1H3,(H,28,29). The summed E-state index contributed by atoms with van der Waals surface area (Å²) in [5.41, 5.74) is 2.48. The molecule has 0 fully saturated rings. The van der Waals surface area contributed by atoms with Crippen molar-refractivity contribution < 1.29 is 14.3 Å². The van der Waals surface area contributed by atoms with Crippen molar-refractivity contribution in [3.8, 4) is 11.5 Å². The van der Waals surface area contributed by atoms with Gasteiger partial charge in [0, 0.05) is 0 Å². The molecule has 1 amide bonds.